The molecular weight excluding hydrogens is 154 g/mol. The fraction of sp³-hybridized carbons (Fsp3) is 1.00. The maximum Gasteiger partial charge on any atom is 0.268 e. The first-order valence-electron chi connectivity index (χ1n) is 2.84. The van der Waals surface area contributed by atoms with Gasteiger partial charge in [0.25, 0.3) is 10.1 Å². The lowest BCUT2D eigenvalue weighted by Crippen LogP contribution is -2.40. The quantitative estimate of drug-likeness (QED) is 0.586. The first-order chi connectivity index (χ1) is 4.27. The third-order valence-electron chi connectivity index (χ3n) is 0.803. The topological polar surface area (TPSA) is 69.4 Å². The Kier molecular flexibility index (Phi) is 2.82. The molecule has 2 N–H and O–H groups in total. The zero-order chi connectivity index (χ0) is 8.41. The Bertz CT molecular complexity index is 189. The summed E-state index contributed by atoms with van der Waals surface area (Å²) in [5, 5.41) is 0. The van der Waals surface area contributed by atoms with Crippen molar-refractivity contribution in [1.82, 2.24) is 0 Å². The van der Waals surface area contributed by atoms with E-state index in [0.29, 0.717) is 0 Å². The van der Waals surface area contributed by atoms with Gasteiger partial charge in [0.1, 0.15) is 0 Å². The van der Waals surface area contributed by atoms with E-state index in [9.17, 15) is 8.42 Å². The molecule has 0 heterocycles. The minimum atomic E-state index is -3.40. The van der Waals surface area contributed by atoms with Crippen LogP contribution in [-0.4, -0.2) is 26.8 Å². The second-order valence-electron chi connectivity index (χ2n) is 2.86. The molecule has 62 valence electrons. The van der Waals surface area contributed by atoms with Crippen LogP contribution in [0.5, 0.6) is 0 Å². The molecule has 0 aromatic heterocycles. The van der Waals surface area contributed by atoms with Gasteiger partial charge in [0.2, 0.25) is 0 Å². The number of nitrogens with two attached hydrogens (primary N) is 1. The van der Waals surface area contributed by atoms with Gasteiger partial charge < -0.3 is 5.73 Å². The van der Waals surface area contributed by atoms with E-state index in [-0.39, 0.29) is 5.75 Å². The molecule has 0 spiro atoms. The Hall–Kier alpha value is -0.130. The molecular formula is C5H13NO3S. The van der Waals surface area contributed by atoms with Gasteiger partial charge >= 0.3 is 0 Å². The van der Waals surface area contributed by atoms with E-state index >= 15 is 0 Å². The SMILES string of the molecule is COS(=O)(=O)CC(C)(C)N. The summed E-state index contributed by atoms with van der Waals surface area (Å²) in [5.74, 6) is -0.156. The maximum atomic E-state index is 10.7. The minimum Gasteiger partial charge on any atom is -0.325 e. The molecule has 0 fully saturated rings. The van der Waals surface area contributed by atoms with Gasteiger partial charge in [-0.2, -0.15) is 8.42 Å². The van der Waals surface area contributed by atoms with Gasteiger partial charge in [0, 0.05) is 5.54 Å². The van der Waals surface area contributed by atoms with Gasteiger partial charge in [0.15, 0.2) is 0 Å². The molecule has 0 aliphatic rings. The Balaban J connectivity index is 4.18. The summed E-state index contributed by atoms with van der Waals surface area (Å²) in [5.41, 5.74) is 4.71. The molecule has 0 radical (unpaired) electrons. The van der Waals surface area contributed by atoms with Gasteiger partial charge in [-0.15, -0.1) is 0 Å². The van der Waals surface area contributed by atoms with Gasteiger partial charge in [0.05, 0.1) is 12.9 Å². The highest BCUT2D eigenvalue weighted by molar-refractivity contribution is 7.86. The fourth-order valence-electron chi connectivity index (χ4n) is 0.515. The Labute approximate surface area is 61.5 Å². The molecule has 0 aliphatic carbocycles. The predicted molar refractivity (Wildman–Crippen MR) is 39.1 cm³/mol. The van der Waals surface area contributed by atoms with Crippen LogP contribution in [0.4, 0.5) is 0 Å². The molecule has 0 aromatic carbocycles. The van der Waals surface area contributed by atoms with E-state index < -0.39 is 15.7 Å². The largest absolute Gasteiger partial charge is 0.325 e. The van der Waals surface area contributed by atoms with E-state index in [2.05, 4.69) is 4.18 Å². The maximum absolute atomic E-state index is 10.7. The van der Waals surface area contributed by atoms with Crippen LogP contribution >= 0.6 is 0 Å². The Morgan fingerprint density at radius 1 is 1.50 bits per heavy atom. The number of rotatable bonds is 3. The molecule has 0 rings (SSSR count). The highest BCUT2D eigenvalue weighted by Crippen LogP contribution is 2.02. The molecule has 10 heavy (non-hydrogen) atoms. The summed E-state index contributed by atoms with van der Waals surface area (Å²) in [4.78, 5) is 0. The smallest absolute Gasteiger partial charge is 0.268 e. The normalized spacial score (nSPS) is 13.6. The summed E-state index contributed by atoms with van der Waals surface area (Å²) in [6, 6.07) is 0. The van der Waals surface area contributed by atoms with E-state index in [4.69, 9.17) is 5.73 Å². The van der Waals surface area contributed by atoms with E-state index in [1.807, 2.05) is 0 Å². The van der Waals surface area contributed by atoms with Crippen LogP contribution in [-0.2, 0) is 14.3 Å². The molecule has 0 amide bonds. The van der Waals surface area contributed by atoms with Gasteiger partial charge in [-0.05, 0) is 13.8 Å². The van der Waals surface area contributed by atoms with Crippen molar-refractivity contribution in [3.05, 3.63) is 0 Å². The summed E-state index contributed by atoms with van der Waals surface area (Å²) in [6.07, 6.45) is 0. The highest BCUT2D eigenvalue weighted by atomic mass is 32.2. The van der Waals surface area contributed by atoms with Crippen molar-refractivity contribution in [3.8, 4) is 0 Å². The van der Waals surface area contributed by atoms with Crippen molar-refractivity contribution in [1.29, 1.82) is 0 Å². The minimum absolute atomic E-state index is 0.156. The average Bonchev–Trinajstić information content (AvgIpc) is 1.60. The Morgan fingerprint density at radius 3 is 2.00 bits per heavy atom. The Morgan fingerprint density at radius 2 is 1.90 bits per heavy atom. The predicted octanol–water partition coefficient (Wildman–Crippen LogP) is -0.300. The van der Waals surface area contributed by atoms with Gasteiger partial charge in [-0.3, -0.25) is 4.18 Å². The van der Waals surface area contributed by atoms with Crippen molar-refractivity contribution >= 4 is 10.1 Å². The molecule has 0 atom stereocenters. The van der Waals surface area contributed by atoms with Gasteiger partial charge in [-0.25, -0.2) is 0 Å². The van der Waals surface area contributed by atoms with Crippen LogP contribution in [0.25, 0.3) is 0 Å². The van der Waals surface area contributed by atoms with Crippen LogP contribution in [0.1, 0.15) is 13.8 Å². The van der Waals surface area contributed by atoms with E-state index in [0.717, 1.165) is 7.11 Å². The number of hydrogen-bond acceptors (Lipinski definition) is 4. The third-order valence-corrected chi connectivity index (χ3v) is 2.41. The van der Waals surface area contributed by atoms with Crippen LogP contribution in [0.2, 0.25) is 0 Å². The fourth-order valence-corrected chi connectivity index (χ4v) is 1.54. The molecule has 4 nitrogen and oxygen atoms in total. The second-order valence-corrected chi connectivity index (χ2v) is 4.59. The second kappa shape index (κ2) is 2.86. The lowest BCUT2D eigenvalue weighted by molar-refractivity contribution is 0.387. The zero-order valence-electron chi connectivity index (χ0n) is 6.42. The molecule has 0 saturated carbocycles. The van der Waals surface area contributed by atoms with Crippen molar-refractivity contribution < 1.29 is 12.6 Å². The van der Waals surface area contributed by atoms with Crippen molar-refractivity contribution in [2.75, 3.05) is 12.9 Å². The summed E-state index contributed by atoms with van der Waals surface area (Å²) >= 11 is 0. The van der Waals surface area contributed by atoms with Crippen molar-refractivity contribution in [3.63, 3.8) is 0 Å². The molecule has 5 heteroatoms. The lowest BCUT2D eigenvalue weighted by atomic mass is 10.1. The lowest BCUT2D eigenvalue weighted by Gasteiger charge is -2.16. The highest BCUT2D eigenvalue weighted by Gasteiger charge is 2.21. The van der Waals surface area contributed by atoms with Gasteiger partial charge in [-0.1, -0.05) is 0 Å². The molecule has 0 unspecified atom stereocenters. The van der Waals surface area contributed by atoms with Crippen LogP contribution in [0.3, 0.4) is 0 Å². The summed E-state index contributed by atoms with van der Waals surface area (Å²) in [6.45, 7) is 3.26. The van der Waals surface area contributed by atoms with E-state index in [1.54, 1.807) is 13.8 Å². The standard InChI is InChI=1S/C5H13NO3S/c1-5(2,6)4-10(7,8)9-3/h4,6H2,1-3H3. The first kappa shape index (κ1) is 9.87. The number of hydrogen-bond donors (Lipinski definition) is 1. The van der Waals surface area contributed by atoms with Crippen LogP contribution in [0, 0.1) is 0 Å². The molecule has 0 bridgehead atoms. The summed E-state index contributed by atoms with van der Waals surface area (Å²) < 4.78 is 25.6. The van der Waals surface area contributed by atoms with Crippen LogP contribution < -0.4 is 5.73 Å². The molecule has 0 aromatic rings. The first-order valence-corrected chi connectivity index (χ1v) is 4.42. The van der Waals surface area contributed by atoms with Crippen molar-refractivity contribution in [2.24, 2.45) is 5.73 Å². The molecule has 0 aliphatic heterocycles. The zero-order valence-corrected chi connectivity index (χ0v) is 7.23. The van der Waals surface area contributed by atoms with Crippen molar-refractivity contribution in [2.45, 2.75) is 19.4 Å². The third kappa shape index (κ3) is 4.72. The summed E-state index contributed by atoms with van der Waals surface area (Å²) in [7, 11) is -2.28. The van der Waals surface area contributed by atoms with Crippen LogP contribution in [0.15, 0.2) is 0 Å². The molecule has 0 saturated heterocycles. The monoisotopic (exact) mass is 167 g/mol. The van der Waals surface area contributed by atoms with E-state index in [1.165, 1.54) is 0 Å². The average molecular weight is 167 g/mol.